The second kappa shape index (κ2) is 8.00. The van der Waals surface area contributed by atoms with Crippen molar-refractivity contribution >= 4 is 17.6 Å². The fraction of sp³-hybridized carbons (Fsp3) is 0.500. The van der Waals surface area contributed by atoms with E-state index in [-0.39, 0.29) is 36.1 Å². The monoisotopic (exact) mass is 368 g/mol. The predicted octanol–water partition coefficient (Wildman–Crippen LogP) is 1.32. The summed E-state index contributed by atoms with van der Waals surface area (Å²) in [6.07, 6.45) is -0.259. The molecule has 0 saturated carbocycles. The summed E-state index contributed by atoms with van der Waals surface area (Å²) in [5, 5.41) is 20.5. The van der Waals surface area contributed by atoms with Gasteiger partial charge in [-0.15, -0.1) is 0 Å². The normalized spacial score (nSPS) is 19.3. The van der Waals surface area contributed by atoms with Crippen LogP contribution in [0.4, 0.5) is 5.69 Å². The molecular weight excluding hydrogens is 348 g/mol. The molecule has 1 fully saturated rings. The van der Waals surface area contributed by atoms with Crippen LogP contribution in [0.5, 0.6) is 11.5 Å². The summed E-state index contributed by atoms with van der Waals surface area (Å²) in [7, 11) is 4.15. The molecule has 1 aliphatic heterocycles. The first-order valence-corrected chi connectivity index (χ1v) is 7.78. The highest BCUT2D eigenvalue weighted by molar-refractivity contribution is 5.99. The zero-order chi connectivity index (χ0) is 19.4. The number of carboxylic acids is 1. The largest absolute Gasteiger partial charge is 0.493 e. The Morgan fingerprint density at radius 3 is 2.38 bits per heavy atom. The Morgan fingerprint density at radius 1 is 1.27 bits per heavy atom. The van der Waals surface area contributed by atoms with Gasteiger partial charge in [0.25, 0.3) is 11.6 Å². The van der Waals surface area contributed by atoms with E-state index in [1.54, 1.807) is 0 Å². The third kappa shape index (κ3) is 3.85. The molecule has 26 heavy (non-hydrogen) atoms. The van der Waals surface area contributed by atoms with E-state index in [9.17, 15) is 19.7 Å². The number of amides is 1. The average molecular weight is 368 g/mol. The number of nitro benzene ring substituents is 1. The summed E-state index contributed by atoms with van der Waals surface area (Å²) in [5.41, 5.74) is -0.637. The number of ether oxygens (including phenoxy) is 3. The fourth-order valence-corrected chi connectivity index (χ4v) is 3.03. The maximum Gasteiger partial charge on any atom is 0.305 e. The van der Waals surface area contributed by atoms with Gasteiger partial charge in [-0.1, -0.05) is 0 Å². The van der Waals surface area contributed by atoms with Crippen LogP contribution < -0.4 is 9.47 Å². The molecule has 1 aromatic carbocycles. The molecule has 1 heterocycles. The van der Waals surface area contributed by atoms with Crippen LogP contribution in [0.25, 0.3) is 0 Å². The molecule has 1 aromatic rings. The molecule has 1 N–H and O–H groups in total. The maximum absolute atomic E-state index is 13.0. The van der Waals surface area contributed by atoms with E-state index in [1.807, 2.05) is 0 Å². The SMILES string of the molecule is COc1cc(C(=O)N2CC(OC)CC2CC(=O)O)c([N+](=O)[O-])cc1OC. The van der Waals surface area contributed by atoms with Gasteiger partial charge >= 0.3 is 5.97 Å². The van der Waals surface area contributed by atoms with Crippen molar-refractivity contribution in [3.05, 3.63) is 27.8 Å². The Labute approximate surface area is 149 Å². The molecule has 142 valence electrons. The van der Waals surface area contributed by atoms with Gasteiger partial charge in [0.15, 0.2) is 11.5 Å². The van der Waals surface area contributed by atoms with E-state index < -0.39 is 28.5 Å². The number of nitrogens with zero attached hydrogens (tertiary/aromatic N) is 2. The van der Waals surface area contributed by atoms with Crippen LogP contribution in [-0.4, -0.2) is 66.8 Å². The molecule has 2 rings (SSSR count). The second-order valence-corrected chi connectivity index (χ2v) is 5.78. The van der Waals surface area contributed by atoms with Gasteiger partial charge in [-0.3, -0.25) is 19.7 Å². The zero-order valence-corrected chi connectivity index (χ0v) is 14.6. The third-order valence-electron chi connectivity index (χ3n) is 4.31. The smallest absolute Gasteiger partial charge is 0.305 e. The molecule has 1 aliphatic rings. The zero-order valence-electron chi connectivity index (χ0n) is 14.6. The van der Waals surface area contributed by atoms with Crippen LogP contribution in [0.3, 0.4) is 0 Å². The topological polar surface area (TPSA) is 128 Å². The number of carboxylic acid groups (broad SMARTS) is 1. The van der Waals surface area contributed by atoms with Crippen molar-refractivity contribution in [1.82, 2.24) is 4.90 Å². The van der Waals surface area contributed by atoms with Crippen LogP contribution >= 0.6 is 0 Å². The van der Waals surface area contributed by atoms with Crippen molar-refractivity contribution in [2.24, 2.45) is 0 Å². The van der Waals surface area contributed by atoms with Gasteiger partial charge in [0.1, 0.15) is 5.56 Å². The van der Waals surface area contributed by atoms with Crippen LogP contribution in [0.15, 0.2) is 12.1 Å². The Hall–Kier alpha value is -2.88. The van der Waals surface area contributed by atoms with Gasteiger partial charge in [-0.05, 0) is 6.42 Å². The number of hydrogen-bond acceptors (Lipinski definition) is 7. The first-order valence-electron chi connectivity index (χ1n) is 7.78. The average Bonchev–Trinajstić information content (AvgIpc) is 3.01. The highest BCUT2D eigenvalue weighted by Gasteiger charge is 2.39. The summed E-state index contributed by atoms with van der Waals surface area (Å²) in [5.74, 6) is -1.43. The molecule has 0 spiro atoms. The van der Waals surface area contributed by atoms with E-state index in [2.05, 4.69) is 0 Å². The van der Waals surface area contributed by atoms with Gasteiger partial charge < -0.3 is 24.2 Å². The second-order valence-electron chi connectivity index (χ2n) is 5.78. The first kappa shape index (κ1) is 19.4. The van der Waals surface area contributed by atoms with Gasteiger partial charge in [-0.25, -0.2) is 0 Å². The number of nitro groups is 1. The summed E-state index contributed by atoms with van der Waals surface area (Å²) in [6.45, 7) is 0.152. The van der Waals surface area contributed by atoms with Crippen molar-refractivity contribution in [3.63, 3.8) is 0 Å². The third-order valence-corrected chi connectivity index (χ3v) is 4.31. The molecular formula is C16H20N2O8. The first-order chi connectivity index (χ1) is 12.3. The molecule has 2 unspecified atom stereocenters. The molecule has 0 bridgehead atoms. The number of methoxy groups -OCH3 is 3. The lowest BCUT2D eigenvalue weighted by Gasteiger charge is -2.23. The minimum atomic E-state index is -1.06. The molecule has 1 amide bonds. The van der Waals surface area contributed by atoms with E-state index in [4.69, 9.17) is 19.3 Å². The molecule has 2 atom stereocenters. The molecule has 10 heteroatoms. The lowest BCUT2D eigenvalue weighted by atomic mass is 10.1. The number of aliphatic carboxylic acids is 1. The minimum Gasteiger partial charge on any atom is -0.493 e. The van der Waals surface area contributed by atoms with Crippen LogP contribution in [0.2, 0.25) is 0 Å². The van der Waals surface area contributed by atoms with Crippen molar-refractivity contribution in [2.45, 2.75) is 25.0 Å². The molecule has 10 nitrogen and oxygen atoms in total. The summed E-state index contributed by atoms with van der Waals surface area (Å²) < 4.78 is 15.4. The van der Waals surface area contributed by atoms with E-state index in [0.717, 1.165) is 6.07 Å². The van der Waals surface area contributed by atoms with Crippen molar-refractivity contribution in [2.75, 3.05) is 27.9 Å². The lowest BCUT2D eigenvalue weighted by molar-refractivity contribution is -0.385. The Morgan fingerprint density at radius 2 is 1.88 bits per heavy atom. The van der Waals surface area contributed by atoms with Gasteiger partial charge in [-0.2, -0.15) is 0 Å². The van der Waals surface area contributed by atoms with Gasteiger partial charge in [0, 0.05) is 25.8 Å². The highest BCUT2D eigenvalue weighted by atomic mass is 16.6. The van der Waals surface area contributed by atoms with Gasteiger partial charge in [0.2, 0.25) is 0 Å². The molecule has 0 aromatic heterocycles. The van der Waals surface area contributed by atoms with E-state index >= 15 is 0 Å². The van der Waals surface area contributed by atoms with Crippen molar-refractivity contribution in [3.8, 4) is 11.5 Å². The van der Waals surface area contributed by atoms with Crippen LogP contribution in [0.1, 0.15) is 23.2 Å². The van der Waals surface area contributed by atoms with Crippen molar-refractivity contribution < 1.29 is 33.8 Å². The quantitative estimate of drug-likeness (QED) is 0.563. The van der Waals surface area contributed by atoms with Crippen molar-refractivity contribution in [1.29, 1.82) is 0 Å². The molecule has 1 saturated heterocycles. The highest BCUT2D eigenvalue weighted by Crippen LogP contribution is 2.36. The number of carbonyl (C=O) groups is 2. The van der Waals surface area contributed by atoms with E-state index in [0.29, 0.717) is 6.42 Å². The molecule has 0 aliphatic carbocycles. The number of benzene rings is 1. The maximum atomic E-state index is 13.0. The summed E-state index contributed by atoms with van der Waals surface area (Å²) in [4.78, 5) is 36.1. The predicted molar refractivity (Wildman–Crippen MR) is 88.7 cm³/mol. The van der Waals surface area contributed by atoms with Gasteiger partial charge in [0.05, 0.1) is 37.7 Å². The molecule has 0 radical (unpaired) electrons. The van der Waals surface area contributed by atoms with E-state index in [1.165, 1.54) is 32.3 Å². The fourth-order valence-electron chi connectivity index (χ4n) is 3.03. The van der Waals surface area contributed by atoms with Crippen LogP contribution in [0, 0.1) is 10.1 Å². The Bertz CT molecular complexity index is 720. The number of carbonyl (C=O) groups excluding carboxylic acids is 1. The summed E-state index contributed by atoms with van der Waals surface area (Å²) in [6, 6.07) is 1.73. The van der Waals surface area contributed by atoms with Crippen LogP contribution in [-0.2, 0) is 9.53 Å². The standard InChI is InChI=1S/C16H20N2O8/c1-24-10-4-9(5-15(19)20)17(8-10)16(21)11-6-13(25-2)14(26-3)7-12(11)18(22)23/h6-7,9-10H,4-5,8H2,1-3H3,(H,19,20). The summed E-state index contributed by atoms with van der Waals surface area (Å²) >= 11 is 0. The number of rotatable bonds is 7. The minimum absolute atomic E-state index is 0.119. The Kier molecular flexibility index (Phi) is 5.98. The lowest BCUT2D eigenvalue weighted by Crippen LogP contribution is -2.37. The number of likely N-dealkylation sites (tertiary alicyclic amines) is 1. The Balaban J connectivity index is 2.46. The number of hydrogen-bond donors (Lipinski definition) is 1.